The normalized spacial score (nSPS) is 22.2. The number of nitrogens with one attached hydrogen (secondary N) is 2. The van der Waals surface area contributed by atoms with Gasteiger partial charge in [-0.3, -0.25) is 4.99 Å². The third-order valence-corrected chi connectivity index (χ3v) is 5.81. The van der Waals surface area contributed by atoms with Gasteiger partial charge in [-0.15, -0.1) is 0 Å². The fourth-order valence-electron chi connectivity index (χ4n) is 2.84. The maximum Gasteiger partial charge on any atom is 0.216 e. The van der Waals surface area contributed by atoms with Crippen molar-refractivity contribution in [2.24, 2.45) is 4.99 Å². The molecule has 1 heterocycles. The number of benzene rings is 1. The Hall–Kier alpha value is -1.71. The quantitative estimate of drug-likeness (QED) is 0.561. The van der Waals surface area contributed by atoms with Gasteiger partial charge >= 0.3 is 0 Å². The average molecular weight is 386 g/mol. The van der Waals surface area contributed by atoms with Gasteiger partial charge in [0, 0.05) is 33.2 Å². The second kappa shape index (κ2) is 9.29. The van der Waals surface area contributed by atoms with Crippen molar-refractivity contribution in [3.05, 3.63) is 35.6 Å². The lowest BCUT2D eigenvalue weighted by Gasteiger charge is -2.34. The van der Waals surface area contributed by atoms with Gasteiger partial charge < -0.3 is 15.4 Å². The summed E-state index contributed by atoms with van der Waals surface area (Å²) in [7, 11) is -1.77. The maximum absolute atomic E-state index is 13.2. The van der Waals surface area contributed by atoms with E-state index in [2.05, 4.69) is 15.6 Å². The van der Waals surface area contributed by atoms with E-state index in [-0.39, 0.29) is 30.3 Å². The minimum Gasteiger partial charge on any atom is -0.373 e. The maximum atomic E-state index is 13.2. The van der Waals surface area contributed by atoms with Crippen LogP contribution in [0.1, 0.15) is 19.4 Å². The molecule has 0 amide bonds. The van der Waals surface area contributed by atoms with E-state index in [1.165, 1.54) is 16.4 Å². The van der Waals surface area contributed by atoms with Crippen LogP contribution in [0.25, 0.3) is 0 Å². The molecule has 0 saturated carbocycles. The second-order valence-corrected chi connectivity index (χ2v) is 8.46. The molecule has 7 nitrogen and oxygen atoms in total. The number of sulfonamides is 1. The Labute approximate surface area is 154 Å². The SMILES string of the molecule is CN=C(NCCS(=O)(=O)N1CC(C)OC(C)C1)NCc1cccc(F)c1. The molecule has 1 fully saturated rings. The molecule has 146 valence electrons. The largest absolute Gasteiger partial charge is 0.373 e. The molecule has 0 bridgehead atoms. The number of morpholine rings is 1. The van der Waals surface area contributed by atoms with Gasteiger partial charge in [0.15, 0.2) is 5.96 Å². The van der Waals surface area contributed by atoms with Crippen molar-refractivity contribution in [1.29, 1.82) is 0 Å². The van der Waals surface area contributed by atoms with Crippen LogP contribution in [0.2, 0.25) is 0 Å². The lowest BCUT2D eigenvalue weighted by molar-refractivity contribution is -0.0440. The van der Waals surface area contributed by atoms with Gasteiger partial charge in [0.25, 0.3) is 0 Å². The monoisotopic (exact) mass is 386 g/mol. The van der Waals surface area contributed by atoms with Gasteiger partial charge in [0.1, 0.15) is 5.82 Å². The highest BCUT2D eigenvalue weighted by molar-refractivity contribution is 7.89. The lowest BCUT2D eigenvalue weighted by Crippen LogP contribution is -2.50. The Morgan fingerprint density at radius 2 is 2.00 bits per heavy atom. The molecule has 1 saturated heterocycles. The molecule has 2 N–H and O–H groups in total. The summed E-state index contributed by atoms with van der Waals surface area (Å²) in [6.07, 6.45) is -0.218. The van der Waals surface area contributed by atoms with Crippen molar-refractivity contribution in [3.63, 3.8) is 0 Å². The zero-order valence-corrected chi connectivity index (χ0v) is 16.2. The molecular formula is C17H27FN4O3S. The number of ether oxygens (including phenoxy) is 1. The number of hydrogen-bond donors (Lipinski definition) is 2. The molecule has 2 atom stereocenters. The summed E-state index contributed by atoms with van der Waals surface area (Å²) in [6.45, 7) is 5.11. The first-order chi connectivity index (χ1) is 12.3. The van der Waals surface area contributed by atoms with Gasteiger partial charge in [0.05, 0.1) is 18.0 Å². The van der Waals surface area contributed by atoms with Gasteiger partial charge in [-0.2, -0.15) is 4.31 Å². The minimum absolute atomic E-state index is 0.0346. The Balaban J connectivity index is 1.81. The van der Waals surface area contributed by atoms with Crippen molar-refractivity contribution >= 4 is 16.0 Å². The van der Waals surface area contributed by atoms with Crippen LogP contribution >= 0.6 is 0 Å². The van der Waals surface area contributed by atoms with Crippen LogP contribution in [0.5, 0.6) is 0 Å². The summed E-state index contributed by atoms with van der Waals surface area (Å²) in [6, 6.07) is 6.26. The molecule has 2 unspecified atom stereocenters. The number of aliphatic imine (C=N–C) groups is 1. The summed E-state index contributed by atoms with van der Waals surface area (Å²) in [5, 5.41) is 6.02. The van der Waals surface area contributed by atoms with Gasteiger partial charge in [0.2, 0.25) is 10.0 Å². The van der Waals surface area contributed by atoms with Crippen LogP contribution in [0.15, 0.2) is 29.3 Å². The fourth-order valence-corrected chi connectivity index (χ4v) is 4.33. The fraction of sp³-hybridized carbons (Fsp3) is 0.588. The standard InChI is InChI=1S/C17H27FN4O3S/c1-13-11-22(12-14(2)25-13)26(23,24)8-7-20-17(19-3)21-10-15-5-4-6-16(18)9-15/h4-6,9,13-14H,7-8,10-12H2,1-3H3,(H2,19,20,21). The molecular weight excluding hydrogens is 359 g/mol. The summed E-state index contributed by atoms with van der Waals surface area (Å²) >= 11 is 0. The van der Waals surface area contributed by atoms with Gasteiger partial charge in [-0.25, -0.2) is 12.8 Å². The molecule has 0 aliphatic carbocycles. The predicted octanol–water partition coefficient (Wildman–Crippen LogP) is 0.930. The number of rotatable bonds is 6. The molecule has 0 spiro atoms. The highest BCUT2D eigenvalue weighted by Crippen LogP contribution is 2.14. The highest BCUT2D eigenvalue weighted by atomic mass is 32.2. The summed E-state index contributed by atoms with van der Waals surface area (Å²) in [5.41, 5.74) is 0.775. The molecule has 1 aliphatic rings. The smallest absolute Gasteiger partial charge is 0.216 e. The Morgan fingerprint density at radius 3 is 2.62 bits per heavy atom. The summed E-state index contributed by atoms with van der Waals surface area (Å²) < 4.78 is 45.2. The Kier molecular flexibility index (Phi) is 7.36. The molecule has 0 aromatic heterocycles. The van der Waals surface area contributed by atoms with Crippen molar-refractivity contribution in [3.8, 4) is 0 Å². The Bertz CT molecular complexity index is 716. The number of guanidine groups is 1. The molecule has 1 aliphatic heterocycles. The van der Waals surface area contributed by atoms with Crippen LogP contribution in [0, 0.1) is 5.82 Å². The topological polar surface area (TPSA) is 83.0 Å². The summed E-state index contributed by atoms with van der Waals surface area (Å²) in [5.74, 6) is 0.132. The van der Waals surface area contributed by atoms with Crippen molar-refractivity contribution in [2.75, 3.05) is 32.4 Å². The zero-order chi connectivity index (χ0) is 19.2. The van der Waals surface area contributed by atoms with Gasteiger partial charge in [-0.05, 0) is 31.5 Å². The molecule has 1 aromatic rings. The van der Waals surface area contributed by atoms with E-state index in [4.69, 9.17) is 4.74 Å². The van der Waals surface area contributed by atoms with E-state index < -0.39 is 10.0 Å². The van der Waals surface area contributed by atoms with E-state index in [0.29, 0.717) is 25.6 Å². The molecule has 0 radical (unpaired) electrons. The van der Waals surface area contributed by atoms with Crippen LogP contribution in [0.4, 0.5) is 4.39 Å². The van der Waals surface area contributed by atoms with Crippen molar-refractivity contribution in [1.82, 2.24) is 14.9 Å². The number of hydrogen-bond acceptors (Lipinski definition) is 4. The Morgan fingerprint density at radius 1 is 1.31 bits per heavy atom. The van der Waals surface area contributed by atoms with E-state index in [1.54, 1.807) is 19.2 Å². The van der Waals surface area contributed by atoms with Gasteiger partial charge in [-0.1, -0.05) is 12.1 Å². The van der Waals surface area contributed by atoms with Crippen LogP contribution in [-0.2, 0) is 21.3 Å². The molecule has 2 rings (SSSR count). The zero-order valence-electron chi connectivity index (χ0n) is 15.4. The predicted molar refractivity (Wildman–Crippen MR) is 100.0 cm³/mol. The third kappa shape index (κ3) is 6.22. The van der Waals surface area contributed by atoms with E-state index in [1.807, 2.05) is 13.8 Å². The first kappa shape index (κ1) is 20.6. The summed E-state index contributed by atoms with van der Waals surface area (Å²) in [4.78, 5) is 4.05. The van der Waals surface area contributed by atoms with Crippen LogP contribution < -0.4 is 10.6 Å². The lowest BCUT2D eigenvalue weighted by atomic mass is 10.2. The minimum atomic E-state index is -3.37. The molecule has 9 heteroatoms. The average Bonchev–Trinajstić information content (AvgIpc) is 2.57. The van der Waals surface area contributed by atoms with E-state index in [9.17, 15) is 12.8 Å². The first-order valence-electron chi connectivity index (χ1n) is 8.62. The van der Waals surface area contributed by atoms with E-state index in [0.717, 1.165) is 5.56 Å². The van der Waals surface area contributed by atoms with Crippen LogP contribution in [-0.4, -0.2) is 63.3 Å². The second-order valence-electron chi connectivity index (χ2n) is 6.37. The molecule has 26 heavy (non-hydrogen) atoms. The van der Waals surface area contributed by atoms with Crippen molar-refractivity contribution in [2.45, 2.75) is 32.6 Å². The molecule has 1 aromatic carbocycles. The third-order valence-electron chi connectivity index (χ3n) is 4.00. The number of halogens is 1. The first-order valence-corrected chi connectivity index (χ1v) is 10.2. The van der Waals surface area contributed by atoms with E-state index >= 15 is 0 Å². The van der Waals surface area contributed by atoms with Crippen LogP contribution in [0.3, 0.4) is 0 Å². The van der Waals surface area contributed by atoms with Crippen molar-refractivity contribution < 1.29 is 17.5 Å². The number of nitrogens with zero attached hydrogens (tertiary/aromatic N) is 2. The highest BCUT2D eigenvalue weighted by Gasteiger charge is 2.30.